The fourth-order valence-corrected chi connectivity index (χ4v) is 4.92. The Balaban J connectivity index is 0.00000308. The molecule has 0 spiro atoms. The van der Waals surface area contributed by atoms with E-state index in [1.807, 2.05) is 6.92 Å². The second-order valence-electron chi connectivity index (χ2n) is 9.94. The Hall–Kier alpha value is -4.44. The highest BCUT2D eigenvalue weighted by Gasteiger charge is 2.33. The van der Waals surface area contributed by atoms with Gasteiger partial charge in [-0.1, -0.05) is 13.5 Å². The smallest absolute Gasteiger partial charge is 0.253 e. The van der Waals surface area contributed by atoms with Crippen molar-refractivity contribution in [1.82, 2.24) is 19.9 Å². The minimum Gasteiger partial charge on any atom is -0.366 e. The number of amides is 1. The summed E-state index contributed by atoms with van der Waals surface area (Å²) >= 11 is 0. The minimum absolute atomic E-state index is 0. The average molecular weight is 530 g/mol. The molecule has 2 aliphatic rings. The first-order valence-electron chi connectivity index (χ1n) is 12.3. The Bertz CT molecular complexity index is 1560. The zero-order valence-corrected chi connectivity index (χ0v) is 20.6. The number of halogens is 2. The SMILES string of the molecule is C.CC1(N)CCN(C(=O)c2ccc(Nc3ncc4c(n3)-c3c[nH]cc3C(c3c(F)cccc3F)=NC4)cc2)C1. The van der Waals surface area contributed by atoms with E-state index in [0.29, 0.717) is 47.1 Å². The van der Waals surface area contributed by atoms with Gasteiger partial charge in [0.15, 0.2) is 0 Å². The lowest BCUT2D eigenvalue weighted by atomic mass is 9.99. The molecule has 39 heavy (non-hydrogen) atoms. The van der Waals surface area contributed by atoms with Crippen molar-refractivity contribution < 1.29 is 13.6 Å². The summed E-state index contributed by atoms with van der Waals surface area (Å²) in [6, 6.07) is 10.9. The van der Waals surface area contributed by atoms with E-state index in [0.717, 1.165) is 12.0 Å². The molecule has 2 aromatic carbocycles. The monoisotopic (exact) mass is 529 g/mol. The summed E-state index contributed by atoms with van der Waals surface area (Å²) in [5.74, 6) is -1.07. The number of nitrogens with one attached hydrogen (secondary N) is 2. The fraction of sp³-hybridized carbons (Fsp3) is 0.241. The molecule has 8 nitrogen and oxygen atoms in total. The lowest BCUT2D eigenvalue weighted by molar-refractivity contribution is 0.0785. The number of aliphatic imine (C=N–C) groups is 1. The Morgan fingerprint density at radius 2 is 1.82 bits per heavy atom. The van der Waals surface area contributed by atoms with E-state index in [2.05, 4.69) is 20.3 Å². The Labute approximate surface area is 225 Å². The van der Waals surface area contributed by atoms with Gasteiger partial charge in [0.2, 0.25) is 5.95 Å². The Morgan fingerprint density at radius 1 is 1.10 bits per heavy atom. The number of aromatic nitrogens is 3. The number of hydrogen-bond acceptors (Lipinski definition) is 6. The molecular weight excluding hydrogens is 500 g/mol. The third-order valence-corrected chi connectivity index (χ3v) is 6.91. The predicted molar refractivity (Wildman–Crippen MR) is 147 cm³/mol. The van der Waals surface area contributed by atoms with Gasteiger partial charge in [-0.05, 0) is 49.7 Å². The van der Waals surface area contributed by atoms with Crippen LogP contribution in [0.3, 0.4) is 0 Å². The Morgan fingerprint density at radius 3 is 2.51 bits per heavy atom. The first kappa shape index (κ1) is 26.2. The molecule has 1 amide bonds. The largest absolute Gasteiger partial charge is 0.366 e. The molecule has 0 bridgehead atoms. The van der Waals surface area contributed by atoms with E-state index in [4.69, 9.17) is 10.7 Å². The zero-order chi connectivity index (χ0) is 26.4. The van der Waals surface area contributed by atoms with E-state index < -0.39 is 11.6 Å². The molecule has 4 heterocycles. The number of rotatable bonds is 4. The number of benzene rings is 2. The van der Waals surface area contributed by atoms with E-state index in [1.165, 1.54) is 18.2 Å². The lowest BCUT2D eigenvalue weighted by Gasteiger charge is -2.20. The first-order valence-corrected chi connectivity index (χ1v) is 12.3. The predicted octanol–water partition coefficient (Wildman–Crippen LogP) is 5.04. The van der Waals surface area contributed by atoms with Crippen LogP contribution in [0.15, 0.2) is 66.0 Å². The number of nitrogens with two attached hydrogens (primary N) is 1. The highest BCUT2D eigenvalue weighted by molar-refractivity contribution is 6.17. The summed E-state index contributed by atoms with van der Waals surface area (Å²) in [6.45, 7) is 3.30. The number of nitrogens with zero attached hydrogens (tertiary/aromatic N) is 4. The third-order valence-electron chi connectivity index (χ3n) is 6.91. The second-order valence-corrected chi connectivity index (χ2v) is 9.94. The van der Waals surface area contributed by atoms with Crippen molar-refractivity contribution in [3.8, 4) is 11.3 Å². The van der Waals surface area contributed by atoms with Crippen LogP contribution in [0.1, 0.15) is 47.8 Å². The van der Waals surface area contributed by atoms with Crippen molar-refractivity contribution >= 4 is 23.3 Å². The summed E-state index contributed by atoms with van der Waals surface area (Å²) in [6.07, 6.45) is 5.82. The van der Waals surface area contributed by atoms with Gasteiger partial charge in [-0.25, -0.2) is 18.7 Å². The van der Waals surface area contributed by atoms with Gasteiger partial charge in [-0.15, -0.1) is 0 Å². The molecule has 4 aromatic rings. The molecule has 10 heteroatoms. The van der Waals surface area contributed by atoms with Crippen LogP contribution in [0.5, 0.6) is 0 Å². The molecule has 2 aliphatic heterocycles. The molecule has 4 N–H and O–H groups in total. The average Bonchev–Trinajstić information content (AvgIpc) is 3.49. The number of anilines is 2. The van der Waals surface area contributed by atoms with Gasteiger partial charge in [0, 0.05) is 65.2 Å². The van der Waals surface area contributed by atoms with Crippen molar-refractivity contribution in [2.45, 2.75) is 32.9 Å². The molecule has 0 saturated carbocycles. The third kappa shape index (κ3) is 4.90. The molecule has 0 radical (unpaired) electrons. The van der Waals surface area contributed by atoms with E-state index in [9.17, 15) is 13.6 Å². The Kier molecular flexibility index (Phi) is 6.73. The first-order chi connectivity index (χ1) is 18.3. The van der Waals surface area contributed by atoms with Crippen LogP contribution in [0.4, 0.5) is 20.4 Å². The number of hydrogen-bond donors (Lipinski definition) is 3. The van der Waals surface area contributed by atoms with E-state index in [1.54, 1.807) is 47.8 Å². The number of carbonyl (C=O) groups is 1. The summed E-state index contributed by atoms with van der Waals surface area (Å²) in [5, 5.41) is 3.17. The van der Waals surface area contributed by atoms with Gasteiger partial charge in [-0.3, -0.25) is 9.79 Å². The van der Waals surface area contributed by atoms with Gasteiger partial charge in [0.25, 0.3) is 5.91 Å². The van der Waals surface area contributed by atoms with Crippen LogP contribution < -0.4 is 11.1 Å². The van der Waals surface area contributed by atoms with Crippen LogP contribution in [-0.4, -0.2) is 50.1 Å². The fourth-order valence-electron chi connectivity index (χ4n) is 4.92. The van der Waals surface area contributed by atoms with E-state index in [-0.39, 0.29) is 36.7 Å². The van der Waals surface area contributed by atoms with Crippen molar-refractivity contribution in [3.05, 3.63) is 94.9 Å². The normalized spacial score (nSPS) is 17.9. The molecule has 2 aromatic heterocycles. The lowest BCUT2D eigenvalue weighted by Crippen LogP contribution is -2.40. The molecular formula is C29H29F2N7O. The van der Waals surface area contributed by atoms with Gasteiger partial charge < -0.3 is 20.9 Å². The molecule has 0 aliphatic carbocycles. The van der Waals surface area contributed by atoms with Crippen molar-refractivity contribution in [2.75, 3.05) is 18.4 Å². The van der Waals surface area contributed by atoms with Crippen LogP contribution >= 0.6 is 0 Å². The topological polar surface area (TPSA) is 112 Å². The van der Waals surface area contributed by atoms with Crippen LogP contribution in [0.25, 0.3) is 11.3 Å². The standard InChI is InChI=1S/C28H25F2N7O.CH4/c1-28(31)9-10-37(15-28)26(38)16-5-7-18(8-6-16)35-27-34-12-17-11-33-25(23-21(29)3-2-4-22(23)30)20-14-32-13-19(20)24(17)36-27;/h2-8,12-14,32H,9-11,15,31H2,1H3,(H,34,35,36);1H4. The molecule has 1 saturated heterocycles. The minimum atomic E-state index is -0.681. The van der Waals surface area contributed by atoms with Crippen LogP contribution in [0, 0.1) is 11.6 Å². The highest BCUT2D eigenvalue weighted by Crippen LogP contribution is 2.33. The molecule has 6 rings (SSSR count). The zero-order valence-electron chi connectivity index (χ0n) is 20.6. The number of H-pyrrole nitrogens is 1. The maximum absolute atomic E-state index is 14.6. The van der Waals surface area contributed by atoms with Gasteiger partial charge in [-0.2, -0.15) is 0 Å². The number of aromatic amines is 1. The molecule has 1 atom stereocenters. The highest BCUT2D eigenvalue weighted by atomic mass is 19.1. The van der Waals surface area contributed by atoms with Crippen molar-refractivity contribution in [2.24, 2.45) is 10.7 Å². The maximum Gasteiger partial charge on any atom is 0.253 e. The van der Waals surface area contributed by atoms with Crippen LogP contribution in [0.2, 0.25) is 0 Å². The van der Waals surface area contributed by atoms with Crippen molar-refractivity contribution in [3.63, 3.8) is 0 Å². The summed E-state index contributed by atoms with van der Waals surface area (Å²) < 4.78 is 29.2. The van der Waals surface area contributed by atoms with Crippen molar-refractivity contribution in [1.29, 1.82) is 0 Å². The second kappa shape index (κ2) is 10.0. The summed E-state index contributed by atoms with van der Waals surface area (Å²) in [7, 11) is 0. The number of fused-ring (bicyclic) bond motifs is 3. The van der Waals surface area contributed by atoms with E-state index >= 15 is 0 Å². The quantitative estimate of drug-likeness (QED) is 0.343. The maximum atomic E-state index is 14.6. The van der Waals surface area contributed by atoms with Gasteiger partial charge in [0.05, 0.1) is 23.5 Å². The summed E-state index contributed by atoms with van der Waals surface area (Å²) in [4.78, 5) is 31.2. The number of likely N-dealkylation sites (tertiary alicyclic amines) is 1. The summed E-state index contributed by atoms with van der Waals surface area (Å²) in [5.41, 5.74) is 9.70. The molecule has 200 valence electrons. The van der Waals surface area contributed by atoms with Gasteiger partial charge >= 0.3 is 0 Å². The van der Waals surface area contributed by atoms with Crippen LogP contribution in [-0.2, 0) is 6.54 Å². The number of carbonyl (C=O) groups excluding carboxylic acids is 1. The molecule has 1 fully saturated rings. The molecule has 1 unspecified atom stereocenters. The van der Waals surface area contributed by atoms with Gasteiger partial charge in [0.1, 0.15) is 11.6 Å².